The number of hydrogen-bond donors (Lipinski definition) is 1. The average Bonchev–Trinajstić information content (AvgIpc) is 2.91. The molecule has 2 aromatic carbocycles. The smallest absolute Gasteiger partial charge is 0.296 e. The second-order valence-corrected chi connectivity index (χ2v) is 11.1. The Balaban J connectivity index is 1.88. The zero-order chi connectivity index (χ0) is 28.2. The summed E-state index contributed by atoms with van der Waals surface area (Å²) < 4.78 is 39.9. The van der Waals surface area contributed by atoms with Gasteiger partial charge in [-0.15, -0.1) is 0 Å². The Morgan fingerprint density at radius 3 is 2.31 bits per heavy atom. The van der Waals surface area contributed by atoms with E-state index in [1.54, 1.807) is 24.4 Å². The van der Waals surface area contributed by atoms with Crippen molar-refractivity contribution in [3.05, 3.63) is 100 Å². The van der Waals surface area contributed by atoms with E-state index >= 15 is 0 Å². The molecule has 2 aromatic heterocycles. The van der Waals surface area contributed by atoms with E-state index in [2.05, 4.69) is 9.97 Å². The molecule has 0 radical (unpaired) electrons. The van der Waals surface area contributed by atoms with Crippen LogP contribution in [0.25, 0.3) is 11.1 Å². The Labute approximate surface area is 227 Å². The first-order valence-electron chi connectivity index (χ1n) is 12.4. The summed E-state index contributed by atoms with van der Waals surface area (Å²) in [5, 5.41) is 11.5. The molecular formula is C29H31N3O6S. The van der Waals surface area contributed by atoms with Gasteiger partial charge < -0.3 is 14.6 Å². The SMILES string of the molecule is COCC(c1ccccc1)n1c(COC(C)C)nc(=O)c(S(=O)(=O)c2ccc(-c3cccnc3C)cc2)c1O. The van der Waals surface area contributed by atoms with Crippen LogP contribution < -0.4 is 5.56 Å². The largest absolute Gasteiger partial charge is 0.493 e. The molecule has 1 unspecified atom stereocenters. The van der Waals surface area contributed by atoms with Gasteiger partial charge in [-0.25, -0.2) is 8.42 Å². The minimum atomic E-state index is -4.45. The van der Waals surface area contributed by atoms with Crippen molar-refractivity contribution in [1.29, 1.82) is 0 Å². The Kier molecular flexibility index (Phi) is 8.59. The zero-order valence-corrected chi connectivity index (χ0v) is 23.1. The predicted octanol–water partition coefficient (Wildman–Crippen LogP) is 4.31. The van der Waals surface area contributed by atoms with Gasteiger partial charge >= 0.3 is 0 Å². The third-order valence-electron chi connectivity index (χ3n) is 6.25. The lowest BCUT2D eigenvalue weighted by molar-refractivity contribution is 0.0554. The lowest BCUT2D eigenvalue weighted by atomic mass is 10.1. The predicted molar refractivity (Wildman–Crippen MR) is 146 cm³/mol. The molecule has 0 aliphatic rings. The van der Waals surface area contributed by atoms with E-state index in [0.29, 0.717) is 0 Å². The first kappa shape index (κ1) is 28.2. The summed E-state index contributed by atoms with van der Waals surface area (Å²) in [4.78, 5) is 20.6. The van der Waals surface area contributed by atoms with Crippen molar-refractivity contribution < 1.29 is 23.0 Å². The molecule has 0 fully saturated rings. The number of nitrogens with zero attached hydrogens (tertiary/aromatic N) is 3. The fourth-order valence-electron chi connectivity index (χ4n) is 4.33. The number of sulfone groups is 1. The number of pyridine rings is 1. The number of benzene rings is 2. The number of methoxy groups -OCH3 is 1. The Morgan fingerprint density at radius 2 is 1.69 bits per heavy atom. The van der Waals surface area contributed by atoms with Crippen LogP contribution in [0.1, 0.15) is 37.0 Å². The van der Waals surface area contributed by atoms with Crippen molar-refractivity contribution in [3.63, 3.8) is 0 Å². The molecule has 1 atom stereocenters. The van der Waals surface area contributed by atoms with Crippen LogP contribution in [0, 0.1) is 6.92 Å². The fourth-order valence-corrected chi connectivity index (χ4v) is 5.67. The monoisotopic (exact) mass is 549 g/mol. The molecule has 4 aromatic rings. The Bertz CT molecular complexity index is 1600. The molecule has 39 heavy (non-hydrogen) atoms. The Morgan fingerprint density at radius 1 is 1.00 bits per heavy atom. The molecule has 0 saturated heterocycles. The number of hydrogen-bond acceptors (Lipinski definition) is 8. The Hall–Kier alpha value is -3.86. The topological polar surface area (TPSA) is 121 Å². The number of aromatic nitrogens is 3. The van der Waals surface area contributed by atoms with Gasteiger partial charge in [0.05, 0.1) is 23.6 Å². The van der Waals surface area contributed by atoms with Crippen LogP contribution in [0.4, 0.5) is 0 Å². The van der Waals surface area contributed by atoms with Crippen LogP contribution in [0.2, 0.25) is 0 Å². The van der Waals surface area contributed by atoms with Gasteiger partial charge in [0, 0.05) is 24.6 Å². The summed E-state index contributed by atoms with van der Waals surface area (Å²) in [6.45, 7) is 5.46. The van der Waals surface area contributed by atoms with Crippen LogP contribution in [0.3, 0.4) is 0 Å². The van der Waals surface area contributed by atoms with Gasteiger partial charge in [-0.2, -0.15) is 4.98 Å². The molecule has 1 N–H and O–H groups in total. The van der Waals surface area contributed by atoms with Crippen LogP contribution >= 0.6 is 0 Å². The standard InChI is InChI=1S/C29H31N3O6S/c1-19(2)38-18-26-31-28(33)27(29(34)32(26)25(17-37-4)22-9-6-5-7-10-22)39(35,36)23-14-12-21(13-15-23)24-11-8-16-30-20(24)3/h5-16,19,25,34H,17-18H2,1-4H3. The highest BCUT2D eigenvalue weighted by Crippen LogP contribution is 2.33. The van der Waals surface area contributed by atoms with E-state index in [-0.39, 0.29) is 30.0 Å². The van der Waals surface area contributed by atoms with Gasteiger partial charge in [0.25, 0.3) is 5.56 Å². The van der Waals surface area contributed by atoms with Crippen molar-refractivity contribution in [2.75, 3.05) is 13.7 Å². The molecule has 0 bridgehead atoms. The average molecular weight is 550 g/mol. The maximum atomic E-state index is 13.7. The summed E-state index contributed by atoms with van der Waals surface area (Å²) in [6, 6.07) is 18.2. The quantitative estimate of drug-likeness (QED) is 0.311. The van der Waals surface area contributed by atoms with Crippen molar-refractivity contribution in [2.45, 2.75) is 49.3 Å². The first-order chi connectivity index (χ1) is 18.6. The van der Waals surface area contributed by atoms with Gasteiger partial charge in [-0.3, -0.25) is 14.3 Å². The van der Waals surface area contributed by atoms with E-state index in [0.717, 1.165) is 22.4 Å². The molecule has 10 heteroatoms. The lowest BCUT2D eigenvalue weighted by Gasteiger charge is -2.25. The highest BCUT2D eigenvalue weighted by molar-refractivity contribution is 7.91. The maximum Gasteiger partial charge on any atom is 0.296 e. The van der Waals surface area contributed by atoms with Crippen molar-refractivity contribution >= 4 is 9.84 Å². The van der Waals surface area contributed by atoms with Gasteiger partial charge in [0.15, 0.2) is 4.90 Å². The fraction of sp³-hybridized carbons (Fsp3) is 0.276. The van der Waals surface area contributed by atoms with Gasteiger partial charge in [-0.1, -0.05) is 48.5 Å². The molecule has 9 nitrogen and oxygen atoms in total. The van der Waals surface area contributed by atoms with E-state index < -0.39 is 32.2 Å². The molecule has 4 rings (SSSR count). The molecular weight excluding hydrogens is 518 g/mol. The molecule has 0 spiro atoms. The van der Waals surface area contributed by atoms with Crippen molar-refractivity contribution in [2.24, 2.45) is 0 Å². The molecule has 0 amide bonds. The van der Waals surface area contributed by atoms with Gasteiger partial charge in [0.2, 0.25) is 15.7 Å². The zero-order valence-electron chi connectivity index (χ0n) is 22.2. The maximum absolute atomic E-state index is 13.7. The summed E-state index contributed by atoms with van der Waals surface area (Å²) in [5.74, 6) is -0.645. The number of aryl methyl sites for hydroxylation is 1. The van der Waals surface area contributed by atoms with E-state index in [9.17, 15) is 18.3 Å². The van der Waals surface area contributed by atoms with Crippen LogP contribution in [-0.4, -0.2) is 47.9 Å². The lowest BCUT2D eigenvalue weighted by Crippen LogP contribution is -2.29. The van der Waals surface area contributed by atoms with Crippen molar-refractivity contribution in [1.82, 2.24) is 14.5 Å². The summed E-state index contributed by atoms with van der Waals surface area (Å²) >= 11 is 0. The van der Waals surface area contributed by atoms with Crippen LogP contribution in [0.15, 0.2) is 87.5 Å². The third kappa shape index (κ3) is 5.93. The van der Waals surface area contributed by atoms with Crippen LogP contribution in [0.5, 0.6) is 5.88 Å². The highest BCUT2D eigenvalue weighted by Gasteiger charge is 2.32. The normalized spacial score (nSPS) is 12.5. The van der Waals surface area contributed by atoms with Gasteiger partial charge in [-0.05, 0) is 50.1 Å². The minimum absolute atomic E-state index is 0.0788. The summed E-state index contributed by atoms with van der Waals surface area (Å²) in [5.41, 5.74) is 2.08. The summed E-state index contributed by atoms with van der Waals surface area (Å²) in [6.07, 6.45) is 1.49. The van der Waals surface area contributed by atoms with E-state index in [4.69, 9.17) is 9.47 Å². The molecule has 0 saturated carbocycles. The number of aromatic hydroxyl groups is 1. The molecule has 204 valence electrons. The van der Waals surface area contributed by atoms with Crippen molar-refractivity contribution in [3.8, 4) is 17.0 Å². The summed E-state index contributed by atoms with van der Waals surface area (Å²) in [7, 11) is -2.96. The minimum Gasteiger partial charge on any atom is -0.493 e. The number of ether oxygens (including phenoxy) is 2. The molecule has 0 aliphatic heterocycles. The first-order valence-corrected chi connectivity index (χ1v) is 13.9. The number of rotatable bonds is 10. The molecule has 2 heterocycles. The second kappa shape index (κ2) is 11.9. The second-order valence-electron chi connectivity index (χ2n) is 9.26. The highest BCUT2D eigenvalue weighted by atomic mass is 32.2. The van der Waals surface area contributed by atoms with E-state index in [1.807, 2.05) is 57.2 Å². The van der Waals surface area contributed by atoms with Crippen LogP contribution in [-0.2, 0) is 25.9 Å². The molecule has 0 aliphatic carbocycles. The van der Waals surface area contributed by atoms with E-state index in [1.165, 1.54) is 23.8 Å². The van der Waals surface area contributed by atoms with Gasteiger partial charge in [0.1, 0.15) is 12.4 Å². The third-order valence-corrected chi connectivity index (χ3v) is 8.04.